The zero-order chi connectivity index (χ0) is 24.0. The molecule has 0 spiro atoms. The van der Waals surface area contributed by atoms with Crippen molar-refractivity contribution < 1.29 is 32.6 Å². The van der Waals surface area contributed by atoms with Crippen LogP contribution in [0.5, 0.6) is 5.75 Å². The molecule has 0 saturated carbocycles. The van der Waals surface area contributed by atoms with Crippen molar-refractivity contribution >= 4 is 33.4 Å². The van der Waals surface area contributed by atoms with E-state index in [0.29, 0.717) is 28.6 Å². The molecule has 1 fully saturated rings. The first-order chi connectivity index (χ1) is 16.3. The molecule has 10 heteroatoms. The van der Waals surface area contributed by atoms with Gasteiger partial charge in [-0.25, -0.2) is 12.7 Å². The highest BCUT2D eigenvalue weighted by Crippen LogP contribution is 2.38. The zero-order valence-corrected chi connectivity index (χ0v) is 18.8. The van der Waals surface area contributed by atoms with Gasteiger partial charge in [0, 0.05) is 0 Å². The number of aliphatic hydroxyl groups is 1. The Hall–Kier alpha value is -3.50. The standard InChI is InChI=1S/C24H22N2O7S/c27-16(13-25-22(28)20-7-3-4-8-21(20)34(25,31)32)14-33-17-11-9-15(10-12-17)26-23(29)18-5-1-2-6-19(18)24(26)30/h1-4,7-12,16,18-19,27H,5-6,13-14H2/t16-,18+,19+/m1/s1. The largest absolute Gasteiger partial charge is 0.491 e. The Labute approximate surface area is 196 Å². The van der Waals surface area contributed by atoms with E-state index in [4.69, 9.17) is 4.74 Å². The van der Waals surface area contributed by atoms with Crippen LogP contribution in [0.25, 0.3) is 0 Å². The van der Waals surface area contributed by atoms with Crippen molar-refractivity contribution in [2.24, 2.45) is 11.8 Å². The summed E-state index contributed by atoms with van der Waals surface area (Å²) in [5, 5.41) is 10.3. The number of sulfonamides is 1. The Kier molecular flexibility index (Phi) is 5.49. The third-order valence-electron chi connectivity index (χ3n) is 6.33. The van der Waals surface area contributed by atoms with Crippen molar-refractivity contribution in [1.82, 2.24) is 4.31 Å². The highest BCUT2D eigenvalue weighted by molar-refractivity contribution is 7.90. The van der Waals surface area contributed by atoms with Crippen LogP contribution in [0.4, 0.5) is 5.69 Å². The van der Waals surface area contributed by atoms with Gasteiger partial charge in [-0.05, 0) is 49.2 Å². The van der Waals surface area contributed by atoms with Gasteiger partial charge < -0.3 is 9.84 Å². The van der Waals surface area contributed by atoms with Gasteiger partial charge in [0.25, 0.3) is 15.9 Å². The molecule has 1 saturated heterocycles. The van der Waals surface area contributed by atoms with E-state index in [0.717, 1.165) is 0 Å². The number of hydrogen-bond donors (Lipinski definition) is 1. The van der Waals surface area contributed by atoms with Crippen LogP contribution >= 0.6 is 0 Å². The summed E-state index contributed by atoms with van der Waals surface area (Å²) in [5.74, 6) is -1.38. The third kappa shape index (κ3) is 3.59. The number of amides is 3. The second kappa shape index (κ2) is 8.37. The minimum Gasteiger partial charge on any atom is -0.491 e. The molecule has 1 N–H and O–H groups in total. The van der Waals surface area contributed by atoms with E-state index in [1.54, 1.807) is 30.3 Å². The van der Waals surface area contributed by atoms with Crippen molar-refractivity contribution in [3.63, 3.8) is 0 Å². The Morgan fingerprint density at radius 3 is 2.18 bits per heavy atom. The number of β-amino-alcohol motifs (C(OH)–C–C–N with tert-alkyl or cyclic N) is 1. The smallest absolute Gasteiger partial charge is 0.269 e. The number of aliphatic hydroxyl groups excluding tert-OH is 1. The van der Waals surface area contributed by atoms with E-state index >= 15 is 0 Å². The molecule has 0 radical (unpaired) electrons. The lowest BCUT2D eigenvalue weighted by Gasteiger charge is -2.20. The minimum atomic E-state index is -4.01. The van der Waals surface area contributed by atoms with Crippen molar-refractivity contribution in [3.05, 3.63) is 66.2 Å². The number of allylic oxidation sites excluding steroid dienone is 2. The predicted molar refractivity (Wildman–Crippen MR) is 120 cm³/mol. The van der Waals surface area contributed by atoms with Crippen molar-refractivity contribution in [1.29, 1.82) is 0 Å². The summed E-state index contributed by atoms with van der Waals surface area (Å²) in [7, 11) is -4.01. The monoisotopic (exact) mass is 482 g/mol. The Bertz CT molecular complexity index is 1280. The molecule has 1 aliphatic carbocycles. The molecule has 3 atom stereocenters. The van der Waals surface area contributed by atoms with Crippen LogP contribution in [-0.2, 0) is 19.6 Å². The summed E-state index contributed by atoms with van der Waals surface area (Å²) in [4.78, 5) is 39.0. The van der Waals surface area contributed by atoms with Gasteiger partial charge in [-0.1, -0.05) is 24.3 Å². The van der Waals surface area contributed by atoms with Gasteiger partial charge in [-0.15, -0.1) is 0 Å². The van der Waals surface area contributed by atoms with Gasteiger partial charge >= 0.3 is 0 Å². The Balaban J connectivity index is 1.21. The molecule has 9 nitrogen and oxygen atoms in total. The van der Waals surface area contributed by atoms with Crippen molar-refractivity contribution in [2.75, 3.05) is 18.1 Å². The molecule has 2 aliphatic heterocycles. The maximum Gasteiger partial charge on any atom is 0.269 e. The van der Waals surface area contributed by atoms with E-state index in [1.807, 2.05) is 12.2 Å². The molecule has 2 heterocycles. The van der Waals surface area contributed by atoms with E-state index in [1.165, 1.54) is 23.1 Å². The van der Waals surface area contributed by atoms with Crippen LogP contribution in [0, 0.1) is 11.8 Å². The van der Waals surface area contributed by atoms with Crippen LogP contribution in [0.3, 0.4) is 0 Å². The maximum absolute atomic E-state index is 12.7. The summed E-state index contributed by atoms with van der Waals surface area (Å²) in [6.07, 6.45) is 3.72. The number of carbonyl (C=O) groups is 3. The summed E-state index contributed by atoms with van der Waals surface area (Å²) < 4.78 is 31.4. The molecule has 3 amide bonds. The van der Waals surface area contributed by atoms with E-state index in [9.17, 15) is 27.9 Å². The van der Waals surface area contributed by atoms with Crippen molar-refractivity contribution in [2.45, 2.75) is 23.8 Å². The first-order valence-electron chi connectivity index (χ1n) is 10.9. The fourth-order valence-electron chi connectivity index (χ4n) is 4.59. The van der Waals surface area contributed by atoms with Crippen LogP contribution in [-0.4, -0.2) is 54.8 Å². The molecule has 3 aliphatic rings. The van der Waals surface area contributed by atoms with E-state index in [2.05, 4.69) is 0 Å². The lowest BCUT2D eigenvalue weighted by Crippen LogP contribution is -2.39. The molecule has 2 aromatic rings. The minimum absolute atomic E-state index is 0.0767. The average Bonchev–Trinajstić information content (AvgIpc) is 3.21. The highest BCUT2D eigenvalue weighted by atomic mass is 32.2. The first kappa shape index (κ1) is 22.3. The molecule has 176 valence electrons. The first-order valence-corrected chi connectivity index (χ1v) is 12.3. The lowest BCUT2D eigenvalue weighted by molar-refractivity contribution is -0.122. The summed E-state index contributed by atoms with van der Waals surface area (Å²) in [6, 6.07) is 12.2. The summed E-state index contributed by atoms with van der Waals surface area (Å²) in [6.45, 7) is -0.700. The van der Waals surface area contributed by atoms with Gasteiger partial charge in [0.15, 0.2) is 0 Å². The number of anilines is 1. The second-order valence-electron chi connectivity index (χ2n) is 8.46. The Morgan fingerprint density at radius 2 is 1.56 bits per heavy atom. The van der Waals surface area contributed by atoms with Crippen LogP contribution in [0.1, 0.15) is 23.2 Å². The summed E-state index contributed by atoms with van der Waals surface area (Å²) >= 11 is 0. The fraction of sp³-hybridized carbons (Fsp3) is 0.292. The number of imide groups is 1. The number of hydrogen-bond acceptors (Lipinski definition) is 7. The SMILES string of the molecule is O=C1[C@H]2CC=CC[C@@H]2C(=O)N1c1ccc(OC[C@H](O)CN2C(=O)c3ccccc3S2(=O)=O)cc1. The number of fused-ring (bicyclic) bond motifs is 2. The van der Waals surface area contributed by atoms with Gasteiger partial charge in [-0.2, -0.15) is 0 Å². The van der Waals surface area contributed by atoms with Crippen LogP contribution in [0.15, 0.2) is 65.6 Å². The second-order valence-corrected chi connectivity index (χ2v) is 10.3. The Morgan fingerprint density at radius 1 is 0.941 bits per heavy atom. The van der Waals surface area contributed by atoms with Crippen molar-refractivity contribution in [3.8, 4) is 5.75 Å². The molecule has 2 aromatic carbocycles. The highest BCUT2D eigenvalue weighted by Gasteiger charge is 2.47. The normalized spacial score (nSPS) is 23.7. The molecule has 0 unspecified atom stereocenters. The number of benzene rings is 2. The zero-order valence-electron chi connectivity index (χ0n) is 18.0. The number of ether oxygens (including phenoxy) is 1. The predicted octanol–water partition coefficient (Wildman–Crippen LogP) is 1.73. The third-order valence-corrected chi connectivity index (χ3v) is 8.14. The molecule has 5 rings (SSSR count). The number of nitrogens with zero attached hydrogens (tertiary/aromatic N) is 2. The summed E-state index contributed by atoms with van der Waals surface area (Å²) in [5.41, 5.74) is 0.525. The van der Waals surface area contributed by atoms with Gasteiger partial charge in [0.2, 0.25) is 11.8 Å². The van der Waals surface area contributed by atoms with E-state index < -0.39 is 28.6 Å². The lowest BCUT2D eigenvalue weighted by atomic mass is 9.85. The molecule has 0 aromatic heterocycles. The fourth-order valence-corrected chi connectivity index (χ4v) is 6.20. The average molecular weight is 483 g/mol. The van der Waals surface area contributed by atoms with Gasteiger partial charge in [0.05, 0.1) is 29.6 Å². The van der Waals surface area contributed by atoms with Crippen LogP contribution < -0.4 is 9.64 Å². The van der Waals surface area contributed by atoms with Gasteiger partial charge in [0.1, 0.15) is 23.4 Å². The molecule has 34 heavy (non-hydrogen) atoms. The molecule has 0 bridgehead atoms. The number of rotatable bonds is 6. The number of carbonyl (C=O) groups excluding carboxylic acids is 3. The van der Waals surface area contributed by atoms with Gasteiger partial charge in [-0.3, -0.25) is 19.3 Å². The quantitative estimate of drug-likeness (QED) is 0.492. The molecular formula is C24H22N2O7S. The molecular weight excluding hydrogens is 460 g/mol. The maximum atomic E-state index is 12.7. The van der Waals surface area contributed by atoms with Crippen LogP contribution in [0.2, 0.25) is 0 Å². The van der Waals surface area contributed by atoms with E-state index in [-0.39, 0.29) is 40.7 Å². The topological polar surface area (TPSA) is 121 Å².